The van der Waals surface area contributed by atoms with Crippen LogP contribution in [0.25, 0.3) is 0 Å². The van der Waals surface area contributed by atoms with Crippen molar-refractivity contribution in [1.82, 2.24) is 4.57 Å². The first-order chi connectivity index (χ1) is 8.99. The quantitative estimate of drug-likeness (QED) is 0.821. The van der Waals surface area contributed by atoms with Crippen LogP contribution in [-0.2, 0) is 25.0 Å². The van der Waals surface area contributed by atoms with Gasteiger partial charge in [0.05, 0.1) is 25.9 Å². The van der Waals surface area contributed by atoms with Crippen molar-refractivity contribution in [2.75, 3.05) is 7.11 Å². The topological polar surface area (TPSA) is 88.8 Å². The number of carbonyl (C=O) groups excluding carboxylic acids is 2. The number of aliphatic hydroxyl groups excluding tert-OH is 2. The first-order valence-electron chi connectivity index (χ1n) is 5.75. The van der Waals surface area contributed by atoms with Crippen LogP contribution in [0.1, 0.15) is 39.0 Å². The highest BCUT2D eigenvalue weighted by Gasteiger charge is 2.37. The summed E-state index contributed by atoms with van der Waals surface area (Å²) in [6.45, 7) is 0.738. The Morgan fingerprint density at radius 3 is 2.26 bits per heavy atom. The number of aromatic nitrogens is 1. The van der Waals surface area contributed by atoms with E-state index in [2.05, 4.69) is 0 Å². The summed E-state index contributed by atoms with van der Waals surface area (Å²) in [4.78, 5) is 24.6. The molecule has 0 fully saturated rings. The number of ketones is 2. The summed E-state index contributed by atoms with van der Waals surface area (Å²) in [7, 11) is 2.91. The van der Waals surface area contributed by atoms with Gasteiger partial charge in [-0.3, -0.25) is 9.59 Å². The van der Waals surface area contributed by atoms with E-state index in [1.165, 1.54) is 18.6 Å². The minimum Gasteiger partial charge on any atom is -0.492 e. The largest absolute Gasteiger partial charge is 0.492 e. The second-order valence-corrected chi connectivity index (χ2v) is 4.34. The van der Waals surface area contributed by atoms with E-state index in [1.807, 2.05) is 0 Å². The third kappa shape index (κ3) is 1.64. The first kappa shape index (κ1) is 13.5. The number of ether oxygens (including phenoxy) is 1. The Hall–Kier alpha value is -1.92. The number of hydrogen-bond donors (Lipinski definition) is 2. The molecule has 1 aromatic rings. The summed E-state index contributed by atoms with van der Waals surface area (Å²) in [6.07, 6.45) is 0. The van der Waals surface area contributed by atoms with E-state index in [-0.39, 0.29) is 40.5 Å². The van der Waals surface area contributed by atoms with Gasteiger partial charge in [-0.2, -0.15) is 0 Å². The molecule has 0 amide bonds. The van der Waals surface area contributed by atoms with Crippen molar-refractivity contribution in [3.8, 4) is 0 Å². The van der Waals surface area contributed by atoms with Crippen molar-refractivity contribution in [1.29, 1.82) is 0 Å². The van der Waals surface area contributed by atoms with Crippen LogP contribution in [0.3, 0.4) is 0 Å². The van der Waals surface area contributed by atoms with Crippen molar-refractivity contribution in [3.63, 3.8) is 0 Å². The van der Waals surface area contributed by atoms with Crippen molar-refractivity contribution < 1.29 is 24.5 Å². The fraction of sp³-hybridized carbons (Fsp3) is 0.385. The van der Waals surface area contributed by atoms with Crippen LogP contribution >= 0.6 is 0 Å². The summed E-state index contributed by atoms with van der Waals surface area (Å²) in [5.41, 5.74) is 1.19. The van der Waals surface area contributed by atoms with Crippen LogP contribution < -0.4 is 0 Å². The van der Waals surface area contributed by atoms with Gasteiger partial charge in [0, 0.05) is 23.9 Å². The maximum atomic E-state index is 12.3. The number of allylic oxidation sites excluding steroid dienone is 2. The molecule has 1 aliphatic rings. The van der Waals surface area contributed by atoms with Gasteiger partial charge in [-0.15, -0.1) is 0 Å². The number of fused-ring (bicyclic) bond motifs is 1. The Morgan fingerprint density at radius 1 is 1.16 bits per heavy atom. The number of rotatable bonds is 3. The van der Waals surface area contributed by atoms with E-state index in [9.17, 15) is 19.8 Å². The number of nitrogens with zero attached hydrogens (tertiary/aromatic N) is 1. The lowest BCUT2D eigenvalue weighted by atomic mass is 9.91. The average Bonchev–Trinajstić information content (AvgIpc) is 2.69. The summed E-state index contributed by atoms with van der Waals surface area (Å²) in [6, 6.07) is 0. The molecule has 0 aliphatic heterocycles. The van der Waals surface area contributed by atoms with Crippen LogP contribution in [-0.4, -0.2) is 33.5 Å². The maximum absolute atomic E-state index is 12.3. The molecule has 102 valence electrons. The minimum atomic E-state index is -0.436. The van der Waals surface area contributed by atoms with E-state index >= 15 is 0 Å². The van der Waals surface area contributed by atoms with Crippen molar-refractivity contribution in [2.45, 2.75) is 20.1 Å². The standard InChI is InChI=1S/C13H15NO5/c1-6-11(17)10-9(12(18)13(6)19-3)7(4-15)8(5-16)14(10)2/h15-16H,4-5H2,1-3H3. The van der Waals surface area contributed by atoms with Gasteiger partial charge in [0.15, 0.2) is 5.76 Å². The molecule has 0 spiro atoms. The molecule has 0 bridgehead atoms. The normalized spacial score (nSPS) is 15.0. The second kappa shape index (κ2) is 4.64. The van der Waals surface area contributed by atoms with Gasteiger partial charge in [0.2, 0.25) is 11.6 Å². The molecule has 19 heavy (non-hydrogen) atoms. The Kier molecular flexibility index (Phi) is 3.30. The lowest BCUT2D eigenvalue weighted by Gasteiger charge is -2.16. The predicted molar refractivity (Wildman–Crippen MR) is 65.6 cm³/mol. The van der Waals surface area contributed by atoms with Gasteiger partial charge in [-0.1, -0.05) is 0 Å². The molecule has 2 N–H and O–H groups in total. The Balaban J connectivity index is 2.81. The molecule has 0 saturated carbocycles. The highest BCUT2D eigenvalue weighted by molar-refractivity contribution is 6.26. The first-order valence-corrected chi connectivity index (χ1v) is 5.75. The van der Waals surface area contributed by atoms with Crippen molar-refractivity contribution >= 4 is 11.6 Å². The Labute approximate surface area is 109 Å². The average molecular weight is 265 g/mol. The molecule has 2 rings (SSSR count). The van der Waals surface area contributed by atoms with Crippen LogP contribution in [0.5, 0.6) is 0 Å². The van der Waals surface area contributed by atoms with Crippen LogP contribution in [0.4, 0.5) is 0 Å². The van der Waals surface area contributed by atoms with E-state index < -0.39 is 12.4 Å². The molecule has 0 unspecified atom stereocenters. The van der Waals surface area contributed by atoms with E-state index in [0.717, 1.165) is 0 Å². The molecule has 1 aromatic heterocycles. The number of methoxy groups -OCH3 is 1. The Bertz CT molecular complexity index is 609. The molecule has 1 heterocycles. The highest BCUT2D eigenvalue weighted by Crippen LogP contribution is 2.32. The molecule has 0 atom stereocenters. The molecule has 0 radical (unpaired) electrons. The lowest BCUT2D eigenvalue weighted by molar-refractivity contribution is 0.0901. The summed E-state index contributed by atoms with van der Waals surface area (Å²) >= 11 is 0. The fourth-order valence-electron chi connectivity index (χ4n) is 2.48. The van der Waals surface area contributed by atoms with E-state index in [1.54, 1.807) is 7.05 Å². The summed E-state index contributed by atoms with van der Waals surface area (Å²) < 4.78 is 6.44. The van der Waals surface area contributed by atoms with Gasteiger partial charge in [-0.05, 0) is 6.92 Å². The van der Waals surface area contributed by atoms with Gasteiger partial charge in [0.1, 0.15) is 5.69 Å². The molecule has 0 saturated heterocycles. The van der Waals surface area contributed by atoms with Gasteiger partial charge in [0.25, 0.3) is 0 Å². The van der Waals surface area contributed by atoms with E-state index in [4.69, 9.17) is 4.74 Å². The van der Waals surface area contributed by atoms with Crippen LogP contribution in [0.15, 0.2) is 11.3 Å². The number of aliphatic hydroxyl groups is 2. The zero-order chi connectivity index (χ0) is 14.3. The van der Waals surface area contributed by atoms with Crippen molar-refractivity contribution in [2.24, 2.45) is 7.05 Å². The minimum absolute atomic E-state index is 0.0118. The fourth-order valence-corrected chi connectivity index (χ4v) is 2.48. The highest BCUT2D eigenvalue weighted by atomic mass is 16.5. The molecular weight excluding hydrogens is 250 g/mol. The number of Topliss-reactive ketones (excluding diaryl/α,β-unsaturated/α-hetero) is 2. The monoisotopic (exact) mass is 265 g/mol. The third-order valence-electron chi connectivity index (χ3n) is 3.47. The molecule has 0 aromatic carbocycles. The van der Waals surface area contributed by atoms with Crippen LogP contribution in [0.2, 0.25) is 0 Å². The molecule has 6 heteroatoms. The lowest BCUT2D eigenvalue weighted by Crippen LogP contribution is -2.23. The maximum Gasteiger partial charge on any atom is 0.230 e. The third-order valence-corrected chi connectivity index (χ3v) is 3.47. The van der Waals surface area contributed by atoms with Crippen LogP contribution in [0, 0.1) is 0 Å². The second-order valence-electron chi connectivity index (χ2n) is 4.34. The summed E-state index contributed by atoms with van der Waals surface area (Å²) in [5.74, 6) is -0.778. The van der Waals surface area contributed by atoms with Gasteiger partial charge >= 0.3 is 0 Å². The molecule has 6 nitrogen and oxygen atoms in total. The SMILES string of the molecule is COC1=C(C)C(=O)c2c(c(CO)c(CO)n2C)C1=O. The molecular formula is C13H15NO5. The summed E-state index contributed by atoms with van der Waals surface area (Å²) in [5, 5.41) is 18.7. The zero-order valence-electron chi connectivity index (χ0n) is 11.0. The molecule has 1 aliphatic carbocycles. The number of hydrogen-bond acceptors (Lipinski definition) is 5. The van der Waals surface area contributed by atoms with Gasteiger partial charge in [-0.25, -0.2) is 0 Å². The Morgan fingerprint density at radius 2 is 1.79 bits per heavy atom. The smallest absolute Gasteiger partial charge is 0.230 e. The van der Waals surface area contributed by atoms with E-state index in [0.29, 0.717) is 5.69 Å². The van der Waals surface area contributed by atoms with Crippen molar-refractivity contribution in [3.05, 3.63) is 33.8 Å². The van der Waals surface area contributed by atoms with Gasteiger partial charge < -0.3 is 19.5 Å². The predicted octanol–water partition coefficient (Wildman–Crippen LogP) is 0.309. The number of carbonyl (C=O) groups is 2. The zero-order valence-corrected chi connectivity index (χ0v) is 11.0.